The van der Waals surface area contributed by atoms with E-state index in [1.165, 1.54) is 24.3 Å². The summed E-state index contributed by atoms with van der Waals surface area (Å²) in [4.78, 5) is 20.4. The summed E-state index contributed by atoms with van der Waals surface area (Å²) in [5, 5.41) is 22.2. The van der Waals surface area contributed by atoms with Crippen LogP contribution in [0.1, 0.15) is 15.9 Å². The van der Waals surface area contributed by atoms with Crippen LogP contribution in [-0.2, 0) is 0 Å². The van der Waals surface area contributed by atoms with E-state index in [0.717, 1.165) is 4.73 Å². The predicted octanol–water partition coefficient (Wildman–Crippen LogP) is 2.99. The molecule has 1 heterocycles. The quantitative estimate of drug-likeness (QED) is 0.225. The maximum atomic E-state index is 13.0. The maximum Gasteiger partial charge on any atom is 0.255 e. The van der Waals surface area contributed by atoms with E-state index < -0.39 is 12.5 Å². The van der Waals surface area contributed by atoms with Crippen LogP contribution >= 0.6 is 0 Å². The van der Waals surface area contributed by atoms with Gasteiger partial charge in [0, 0.05) is 22.4 Å². The molecule has 4 rings (SSSR count). The van der Waals surface area contributed by atoms with Gasteiger partial charge >= 0.3 is 0 Å². The highest BCUT2D eigenvalue weighted by Gasteiger charge is 2.14. The summed E-state index contributed by atoms with van der Waals surface area (Å²) >= 11 is 0. The number of halogens is 1. The number of aliphatic imine (C=N–C) groups is 1. The molecule has 0 spiro atoms. The van der Waals surface area contributed by atoms with E-state index in [0.29, 0.717) is 39.2 Å². The molecule has 31 heavy (non-hydrogen) atoms. The fraction of sp³-hybridized carbons (Fsp3) is 0.0455. The number of aliphatic hydroxyl groups is 1. The number of nitrogens with one attached hydrogen (secondary N) is 1. The lowest BCUT2D eigenvalue weighted by molar-refractivity contribution is 0.102. The monoisotopic (exact) mass is 419 g/mol. The van der Waals surface area contributed by atoms with Crippen molar-refractivity contribution >= 4 is 28.5 Å². The van der Waals surface area contributed by atoms with E-state index in [1.807, 2.05) is 0 Å². The third-order valence-corrected chi connectivity index (χ3v) is 4.67. The molecule has 1 aromatic heterocycles. The molecule has 0 saturated carbocycles. The summed E-state index contributed by atoms with van der Waals surface area (Å²) in [5.74, 6) is -0.324. The average Bonchev–Trinajstić information content (AvgIpc) is 3.11. The summed E-state index contributed by atoms with van der Waals surface area (Å²) < 4.78 is 13.9. The number of aliphatic hydroxyl groups excluding tert-OH is 1. The van der Waals surface area contributed by atoms with Crippen molar-refractivity contribution in [1.82, 2.24) is 9.71 Å². The summed E-state index contributed by atoms with van der Waals surface area (Å²) in [5.41, 5.74) is 8.81. The maximum absolute atomic E-state index is 13.0. The van der Waals surface area contributed by atoms with Crippen LogP contribution in [0.25, 0.3) is 22.4 Å². The lowest BCUT2D eigenvalue weighted by Gasteiger charge is -2.07. The highest BCUT2D eigenvalue weighted by molar-refractivity contribution is 6.04. The van der Waals surface area contributed by atoms with Crippen LogP contribution in [0.3, 0.4) is 0 Å². The number of nitrogens with two attached hydrogens (primary N) is 1. The Balaban J connectivity index is 1.58. The summed E-state index contributed by atoms with van der Waals surface area (Å²) in [6.07, 6.45) is 0. The predicted molar refractivity (Wildman–Crippen MR) is 115 cm³/mol. The number of amidine groups is 1. The van der Waals surface area contributed by atoms with Gasteiger partial charge in [-0.3, -0.25) is 4.79 Å². The van der Waals surface area contributed by atoms with E-state index in [2.05, 4.69) is 15.3 Å². The van der Waals surface area contributed by atoms with Gasteiger partial charge in [0.1, 0.15) is 23.9 Å². The molecule has 0 aliphatic heterocycles. The molecule has 9 heteroatoms. The number of benzene rings is 3. The highest BCUT2D eigenvalue weighted by Crippen LogP contribution is 2.25. The second-order valence-corrected chi connectivity index (χ2v) is 6.67. The molecule has 5 N–H and O–H groups in total. The molecule has 0 fully saturated rings. The zero-order chi connectivity index (χ0) is 22.0. The minimum Gasteiger partial charge on any atom is -0.426 e. The molecule has 8 nitrogen and oxygen atoms in total. The Morgan fingerprint density at radius 2 is 1.74 bits per heavy atom. The van der Waals surface area contributed by atoms with Crippen LogP contribution in [0.15, 0.2) is 71.7 Å². The van der Waals surface area contributed by atoms with Gasteiger partial charge in [0.2, 0.25) is 0 Å². The molecule has 0 aliphatic carbocycles. The second-order valence-electron chi connectivity index (χ2n) is 6.67. The molecule has 0 unspecified atom stereocenters. The lowest BCUT2D eigenvalue weighted by Crippen LogP contribution is -2.14. The van der Waals surface area contributed by atoms with Crippen LogP contribution in [0.2, 0.25) is 0 Å². The molecule has 0 atom stereocenters. The molecule has 4 aromatic rings. The third-order valence-electron chi connectivity index (χ3n) is 4.67. The van der Waals surface area contributed by atoms with Gasteiger partial charge in [-0.1, -0.05) is 0 Å². The molecular formula is C22H18FN5O3. The van der Waals surface area contributed by atoms with Crippen LogP contribution in [0, 0.1) is 5.82 Å². The zero-order valence-electron chi connectivity index (χ0n) is 16.2. The number of amides is 1. The molecule has 156 valence electrons. The number of anilines is 1. The number of hydrogen-bond donors (Lipinski definition) is 4. The van der Waals surface area contributed by atoms with Crippen molar-refractivity contribution in [2.24, 2.45) is 10.7 Å². The number of carbonyl (C=O) groups excluding carboxylic acids is 1. The number of rotatable bonds is 5. The van der Waals surface area contributed by atoms with Crippen molar-refractivity contribution in [2.45, 2.75) is 0 Å². The Bertz CT molecular complexity index is 1280. The fourth-order valence-corrected chi connectivity index (χ4v) is 3.08. The Hall–Kier alpha value is -4.24. The Labute approximate surface area is 176 Å². The standard InChI is InChI=1S/C22H18FN5O3/c23-16-6-1-14(2-7-16)22(30)26-17-8-3-13(4-9-17)21-27-18-10-5-15(20(24)25-12-29)11-19(18)28(21)31/h1-11,29,31H,12H2,(H2,24,25)(H,26,30). The summed E-state index contributed by atoms with van der Waals surface area (Å²) in [6, 6.07) is 17.0. The van der Waals surface area contributed by atoms with E-state index in [-0.39, 0.29) is 11.7 Å². The van der Waals surface area contributed by atoms with Crippen molar-refractivity contribution in [2.75, 3.05) is 12.0 Å². The highest BCUT2D eigenvalue weighted by atomic mass is 19.1. The summed E-state index contributed by atoms with van der Waals surface area (Å²) in [7, 11) is 0. The number of imidazole rings is 1. The molecule has 0 aliphatic rings. The largest absolute Gasteiger partial charge is 0.426 e. The van der Waals surface area contributed by atoms with Gasteiger partial charge in [0.15, 0.2) is 5.82 Å². The molecule has 0 bridgehead atoms. The van der Waals surface area contributed by atoms with Gasteiger partial charge in [-0.25, -0.2) is 14.4 Å². The number of aromatic nitrogens is 2. The molecule has 3 aromatic carbocycles. The first-order valence-electron chi connectivity index (χ1n) is 9.26. The Morgan fingerprint density at radius 1 is 1.06 bits per heavy atom. The second kappa shape index (κ2) is 8.25. The van der Waals surface area contributed by atoms with Crippen LogP contribution in [0.4, 0.5) is 10.1 Å². The number of carbonyl (C=O) groups is 1. The van der Waals surface area contributed by atoms with E-state index in [4.69, 9.17) is 10.8 Å². The molecule has 0 radical (unpaired) electrons. The molecular weight excluding hydrogens is 401 g/mol. The average molecular weight is 419 g/mol. The first-order chi connectivity index (χ1) is 15.0. The number of fused-ring (bicyclic) bond motifs is 1. The topological polar surface area (TPSA) is 126 Å². The zero-order valence-corrected chi connectivity index (χ0v) is 16.2. The third kappa shape index (κ3) is 4.07. The van der Waals surface area contributed by atoms with Crippen molar-refractivity contribution in [3.05, 3.63) is 83.7 Å². The smallest absolute Gasteiger partial charge is 0.255 e. The molecule has 1 amide bonds. The van der Waals surface area contributed by atoms with E-state index in [1.54, 1.807) is 42.5 Å². The van der Waals surface area contributed by atoms with Crippen molar-refractivity contribution in [1.29, 1.82) is 0 Å². The van der Waals surface area contributed by atoms with Crippen LogP contribution in [-0.4, -0.2) is 38.5 Å². The van der Waals surface area contributed by atoms with Crippen molar-refractivity contribution < 1.29 is 19.5 Å². The number of hydrogen-bond acceptors (Lipinski definition) is 5. The normalized spacial score (nSPS) is 11.6. The van der Waals surface area contributed by atoms with Gasteiger partial charge in [-0.2, -0.15) is 4.73 Å². The van der Waals surface area contributed by atoms with Crippen LogP contribution < -0.4 is 11.1 Å². The Kier molecular flexibility index (Phi) is 5.33. The van der Waals surface area contributed by atoms with Crippen LogP contribution in [0.5, 0.6) is 0 Å². The van der Waals surface area contributed by atoms with Gasteiger partial charge in [-0.15, -0.1) is 0 Å². The summed E-state index contributed by atoms with van der Waals surface area (Å²) in [6.45, 7) is -0.433. The first kappa shape index (κ1) is 20.0. The number of nitrogens with zero attached hydrogens (tertiary/aromatic N) is 3. The van der Waals surface area contributed by atoms with Crippen molar-refractivity contribution in [3.63, 3.8) is 0 Å². The minimum absolute atomic E-state index is 0.147. The fourth-order valence-electron chi connectivity index (χ4n) is 3.08. The first-order valence-corrected chi connectivity index (χ1v) is 9.26. The SMILES string of the molecule is N/C(=N/CO)c1ccc2nc(-c3ccc(NC(=O)c4ccc(F)cc4)cc3)n(O)c2c1. The van der Waals surface area contributed by atoms with Gasteiger partial charge in [-0.05, 0) is 66.7 Å². The minimum atomic E-state index is -0.433. The Morgan fingerprint density at radius 3 is 2.42 bits per heavy atom. The lowest BCUT2D eigenvalue weighted by atomic mass is 10.1. The van der Waals surface area contributed by atoms with E-state index in [9.17, 15) is 14.4 Å². The van der Waals surface area contributed by atoms with E-state index >= 15 is 0 Å². The van der Waals surface area contributed by atoms with Gasteiger partial charge in [0.05, 0.1) is 5.52 Å². The van der Waals surface area contributed by atoms with Gasteiger partial charge in [0.25, 0.3) is 5.91 Å². The van der Waals surface area contributed by atoms with Crippen molar-refractivity contribution in [3.8, 4) is 11.4 Å². The molecule has 0 saturated heterocycles. The van der Waals surface area contributed by atoms with Gasteiger partial charge < -0.3 is 21.4 Å².